The van der Waals surface area contributed by atoms with Gasteiger partial charge in [-0.3, -0.25) is 18.6 Å². The molecule has 0 spiro atoms. The van der Waals surface area contributed by atoms with Gasteiger partial charge >= 0.3 is 19.8 Å². The van der Waals surface area contributed by atoms with Crippen molar-refractivity contribution in [2.75, 3.05) is 13.2 Å². The van der Waals surface area contributed by atoms with Gasteiger partial charge in [0.2, 0.25) is 0 Å². The normalized spacial score (nSPS) is 22.9. The average Bonchev–Trinajstić information content (AvgIpc) is 3.19. The van der Waals surface area contributed by atoms with Gasteiger partial charge in [0.1, 0.15) is 43.2 Å². The third-order valence-corrected chi connectivity index (χ3v) is 11.3. The summed E-state index contributed by atoms with van der Waals surface area (Å²) in [5.41, 5.74) is 0. The highest BCUT2D eigenvalue weighted by molar-refractivity contribution is 7.47. The highest BCUT2D eigenvalue weighted by atomic mass is 31.2. The van der Waals surface area contributed by atoms with E-state index in [9.17, 15) is 44.6 Å². The molecule has 0 aromatic rings. The molecule has 0 saturated heterocycles. The number of unbranched alkanes of at least 4 members (excludes halogenated alkanes) is 20. The van der Waals surface area contributed by atoms with Crippen LogP contribution in [0.2, 0.25) is 0 Å². The monoisotopic (exact) mass is 835 g/mol. The number of carbonyl (C=O) groups is 2. The molecule has 1 aliphatic carbocycles. The van der Waals surface area contributed by atoms with Crippen LogP contribution in [0, 0.1) is 0 Å². The third-order valence-electron chi connectivity index (χ3n) is 10.3. The van der Waals surface area contributed by atoms with Gasteiger partial charge in [0.25, 0.3) is 0 Å². The Morgan fingerprint density at radius 3 is 1.33 bits per heavy atom. The molecule has 0 amide bonds. The number of carbonyl (C=O) groups excluding carboxylic acids is 2. The number of aliphatic hydroxyl groups is 5. The van der Waals surface area contributed by atoms with Crippen molar-refractivity contribution in [3.63, 3.8) is 0 Å². The number of phosphoric ester groups is 1. The van der Waals surface area contributed by atoms with Crippen LogP contribution in [-0.2, 0) is 32.7 Å². The van der Waals surface area contributed by atoms with Gasteiger partial charge in [0.05, 0.1) is 6.61 Å². The second-order valence-corrected chi connectivity index (χ2v) is 16.9. The molecular weight excluding hydrogens is 755 g/mol. The maximum atomic E-state index is 12.8. The highest BCUT2D eigenvalue weighted by Crippen LogP contribution is 2.47. The molecule has 334 valence electrons. The first kappa shape index (κ1) is 53.3. The Kier molecular flexibility index (Phi) is 31.9. The van der Waals surface area contributed by atoms with E-state index in [-0.39, 0.29) is 12.8 Å². The predicted octanol–water partition coefficient (Wildman–Crippen LogP) is 8.06. The maximum absolute atomic E-state index is 12.8. The van der Waals surface area contributed by atoms with Crippen LogP contribution in [0.1, 0.15) is 181 Å². The van der Waals surface area contributed by atoms with Crippen molar-refractivity contribution in [3.05, 3.63) is 24.3 Å². The number of allylic oxidation sites excluding steroid dienone is 4. The number of ether oxygens (including phenoxy) is 2. The first-order chi connectivity index (χ1) is 27.4. The van der Waals surface area contributed by atoms with E-state index in [1.165, 1.54) is 64.2 Å². The highest BCUT2D eigenvalue weighted by Gasteiger charge is 2.51. The van der Waals surface area contributed by atoms with Crippen molar-refractivity contribution < 1.29 is 63.1 Å². The van der Waals surface area contributed by atoms with Crippen LogP contribution >= 0.6 is 7.82 Å². The minimum atomic E-state index is -5.11. The van der Waals surface area contributed by atoms with Gasteiger partial charge in [-0.1, -0.05) is 128 Å². The molecule has 1 aliphatic rings. The summed E-state index contributed by atoms with van der Waals surface area (Å²) in [5, 5.41) is 50.1. The Balaban J connectivity index is 2.49. The molecule has 13 nitrogen and oxygen atoms in total. The quantitative estimate of drug-likeness (QED) is 0.0153. The van der Waals surface area contributed by atoms with Crippen LogP contribution in [-0.4, -0.2) is 98.3 Å². The lowest BCUT2D eigenvalue weighted by Gasteiger charge is -2.41. The summed E-state index contributed by atoms with van der Waals surface area (Å²) >= 11 is 0. The molecule has 1 saturated carbocycles. The minimum Gasteiger partial charge on any atom is -0.462 e. The zero-order chi connectivity index (χ0) is 42.2. The van der Waals surface area contributed by atoms with Crippen molar-refractivity contribution in [2.24, 2.45) is 0 Å². The predicted molar refractivity (Wildman–Crippen MR) is 221 cm³/mol. The fourth-order valence-electron chi connectivity index (χ4n) is 6.63. The van der Waals surface area contributed by atoms with Gasteiger partial charge in [0, 0.05) is 12.8 Å². The summed E-state index contributed by atoms with van der Waals surface area (Å²) in [6.07, 6.45) is 22.3. The molecule has 14 heteroatoms. The first-order valence-electron chi connectivity index (χ1n) is 22.1. The molecule has 57 heavy (non-hydrogen) atoms. The fourth-order valence-corrected chi connectivity index (χ4v) is 7.60. The molecule has 6 N–H and O–H groups in total. The van der Waals surface area contributed by atoms with Crippen LogP contribution in [0.15, 0.2) is 24.3 Å². The Morgan fingerprint density at radius 1 is 0.526 bits per heavy atom. The van der Waals surface area contributed by atoms with E-state index in [2.05, 4.69) is 38.2 Å². The summed E-state index contributed by atoms with van der Waals surface area (Å²) in [5.74, 6) is -1.11. The molecule has 6 atom stereocenters. The van der Waals surface area contributed by atoms with E-state index in [0.717, 1.165) is 77.0 Å². The second kappa shape index (κ2) is 34.1. The summed E-state index contributed by atoms with van der Waals surface area (Å²) in [7, 11) is -5.11. The van der Waals surface area contributed by atoms with Crippen LogP contribution in [0.25, 0.3) is 0 Å². The standard InChI is InChI=1S/C43H79O13P/c1-3-5-7-9-11-13-15-17-18-20-22-24-26-28-30-32-37(45)55-35(34-54-57(51,52)56-43-41(49)39(47)38(46)40(48)42(43)50)33-53-36(44)31-29-27-25-23-21-19-16-14-12-10-8-6-4-2/h13-16,35,38-43,46-50H,3-12,17-34H2,1-2H3,(H,51,52). The van der Waals surface area contributed by atoms with Gasteiger partial charge in [-0.05, 0) is 64.2 Å². The number of esters is 2. The fraction of sp³-hybridized carbons (Fsp3) is 0.860. The maximum Gasteiger partial charge on any atom is 0.472 e. The van der Waals surface area contributed by atoms with Crippen molar-refractivity contribution in [2.45, 2.75) is 224 Å². The van der Waals surface area contributed by atoms with Gasteiger partial charge in [-0.25, -0.2) is 4.57 Å². The van der Waals surface area contributed by atoms with Crippen LogP contribution < -0.4 is 0 Å². The Hall–Kier alpha value is -1.67. The van der Waals surface area contributed by atoms with Gasteiger partial charge in [-0.15, -0.1) is 0 Å². The number of phosphoric acid groups is 1. The van der Waals surface area contributed by atoms with E-state index in [1.807, 2.05) is 0 Å². The smallest absolute Gasteiger partial charge is 0.462 e. The SMILES string of the molecule is CCCCCCC=CCCCCCCCCCC(=O)OC(COC(=O)CCCCCCCC=CCCCCCC)COP(=O)(O)OC1C(O)C(O)C(O)C(O)C1O. The average molecular weight is 835 g/mol. The molecule has 1 fully saturated rings. The van der Waals surface area contributed by atoms with E-state index in [1.54, 1.807) is 0 Å². The topological polar surface area (TPSA) is 210 Å². The molecule has 0 bridgehead atoms. The van der Waals surface area contributed by atoms with E-state index in [4.69, 9.17) is 18.5 Å². The number of hydrogen-bond donors (Lipinski definition) is 6. The first-order valence-corrected chi connectivity index (χ1v) is 23.6. The summed E-state index contributed by atoms with van der Waals surface area (Å²) in [6, 6.07) is 0. The molecule has 0 aliphatic heterocycles. The summed E-state index contributed by atoms with van der Waals surface area (Å²) < 4.78 is 33.5. The Labute approximate surface area is 343 Å². The lowest BCUT2D eigenvalue weighted by atomic mass is 9.85. The molecule has 0 aromatic heterocycles. The molecular formula is C43H79O13P. The van der Waals surface area contributed by atoms with Crippen LogP contribution in [0.3, 0.4) is 0 Å². The Morgan fingerprint density at radius 2 is 0.895 bits per heavy atom. The largest absolute Gasteiger partial charge is 0.472 e. The summed E-state index contributed by atoms with van der Waals surface area (Å²) in [6.45, 7) is 3.25. The zero-order valence-electron chi connectivity index (χ0n) is 35.1. The van der Waals surface area contributed by atoms with Crippen molar-refractivity contribution in [3.8, 4) is 0 Å². The Bertz CT molecular complexity index is 1100. The van der Waals surface area contributed by atoms with Crippen molar-refractivity contribution >= 4 is 19.8 Å². The van der Waals surface area contributed by atoms with Gasteiger partial charge < -0.3 is 39.9 Å². The van der Waals surface area contributed by atoms with Crippen molar-refractivity contribution in [1.82, 2.24) is 0 Å². The van der Waals surface area contributed by atoms with E-state index >= 15 is 0 Å². The van der Waals surface area contributed by atoms with Crippen LogP contribution in [0.5, 0.6) is 0 Å². The molecule has 0 aromatic carbocycles. The molecule has 0 heterocycles. The number of rotatable bonds is 36. The van der Waals surface area contributed by atoms with E-state index < -0.39 is 75.7 Å². The second-order valence-electron chi connectivity index (χ2n) is 15.5. The molecule has 6 unspecified atom stereocenters. The summed E-state index contributed by atoms with van der Waals surface area (Å²) in [4.78, 5) is 35.6. The number of aliphatic hydroxyl groups excluding tert-OH is 5. The van der Waals surface area contributed by atoms with Gasteiger partial charge in [-0.2, -0.15) is 0 Å². The number of hydrogen-bond acceptors (Lipinski definition) is 12. The van der Waals surface area contributed by atoms with Crippen molar-refractivity contribution in [1.29, 1.82) is 0 Å². The van der Waals surface area contributed by atoms with Gasteiger partial charge in [0.15, 0.2) is 6.10 Å². The third kappa shape index (κ3) is 26.9. The lowest BCUT2D eigenvalue weighted by Crippen LogP contribution is -2.64. The molecule has 0 radical (unpaired) electrons. The van der Waals surface area contributed by atoms with E-state index in [0.29, 0.717) is 12.8 Å². The molecule has 1 rings (SSSR count). The van der Waals surface area contributed by atoms with Crippen LogP contribution in [0.4, 0.5) is 0 Å². The lowest BCUT2D eigenvalue weighted by molar-refractivity contribution is -0.220. The zero-order valence-corrected chi connectivity index (χ0v) is 36.0. The minimum absolute atomic E-state index is 0.0914.